The largest absolute Gasteiger partial charge is 0.397 e. The van der Waals surface area contributed by atoms with Gasteiger partial charge in [0.1, 0.15) is 5.69 Å². The van der Waals surface area contributed by atoms with E-state index in [0.717, 1.165) is 31.4 Å². The summed E-state index contributed by atoms with van der Waals surface area (Å²) in [6.45, 7) is 2.67. The van der Waals surface area contributed by atoms with Crippen LogP contribution in [0.1, 0.15) is 42.2 Å². The van der Waals surface area contributed by atoms with E-state index in [1.165, 1.54) is 0 Å². The number of amides is 1. The number of nitrogens with zero attached hydrogens (tertiary/aromatic N) is 2. The molecule has 0 unspecified atom stereocenters. The Morgan fingerprint density at radius 3 is 2.52 bits per heavy atom. The van der Waals surface area contributed by atoms with Crippen LogP contribution in [0.25, 0.3) is 0 Å². The fraction of sp³-hybridized carbons (Fsp3) is 0.667. The summed E-state index contributed by atoms with van der Waals surface area (Å²) in [5, 5.41) is 0. The van der Waals surface area contributed by atoms with E-state index in [1.54, 1.807) is 6.07 Å². The number of nitrogen functional groups attached to an aromatic ring is 1. The average Bonchev–Trinajstić information content (AvgIpc) is 3.13. The molecule has 114 valence electrons. The lowest BCUT2D eigenvalue weighted by atomic mass is 10.0. The Bertz CT molecular complexity index is 549. The van der Waals surface area contributed by atoms with E-state index in [2.05, 4.69) is 0 Å². The van der Waals surface area contributed by atoms with Gasteiger partial charge in [-0.25, -0.2) is 0 Å². The van der Waals surface area contributed by atoms with E-state index in [-0.39, 0.29) is 5.91 Å². The Labute approximate surface area is 123 Å². The van der Waals surface area contributed by atoms with Gasteiger partial charge in [0.05, 0.1) is 18.9 Å². The second-order valence-corrected chi connectivity index (χ2v) is 6.20. The molecule has 0 atom stereocenters. The quantitative estimate of drug-likeness (QED) is 0.894. The number of likely N-dealkylation sites (tertiary alicyclic amines) is 1. The Morgan fingerprint density at radius 2 is 1.90 bits per heavy atom. The maximum absolute atomic E-state index is 12.7. The summed E-state index contributed by atoms with van der Waals surface area (Å²) in [6.07, 6.45) is 5.66. The molecule has 1 spiro atoms. The van der Waals surface area contributed by atoms with Gasteiger partial charge in [0.2, 0.25) is 0 Å². The van der Waals surface area contributed by atoms with Gasteiger partial charge in [-0.05, 0) is 18.9 Å². The molecule has 3 aliphatic rings. The van der Waals surface area contributed by atoms with Crippen molar-refractivity contribution in [3.8, 4) is 0 Å². The van der Waals surface area contributed by atoms with Gasteiger partial charge in [-0.1, -0.05) is 0 Å². The minimum Gasteiger partial charge on any atom is -0.397 e. The Morgan fingerprint density at radius 1 is 1.24 bits per heavy atom. The smallest absolute Gasteiger partial charge is 0.270 e. The molecular weight excluding hydrogens is 270 g/mol. The molecule has 3 heterocycles. The minimum absolute atomic E-state index is 0.0754. The fourth-order valence-electron chi connectivity index (χ4n) is 3.32. The standard InChI is InChI=1S/C15H21N3O3/c16-11-9-13(18(10-11)12-1-2-12)14(19)17-5-3-15(4-6-17)20-7-8-21-15/h9-10,12H,1-8,16H2. The molecule has 1 amide bonds. The molecule has 0 radical (unpaired) electrons. The van der Waals surface area contributed by atoms with Crippen LogP contribution in [-0.2, 0) is 9.47 Å². The van der Waals surface area contributed by atoms with Crippen molar-refractivity contribution in [2.24, 2.45) is 0 Å². The van der Waals surface area contributed by atoms with E-state index < -0.39 is 5.79 Å². The van der Waals surface area contributed by atoms with Gasteiger partial charge in [-0.3, -0.25) is 4.79 Å². The normalized spacial score (nSPS) is 24.7. The van der Waals surface area contributed by atoms with E-state index in [9.17, 15) is 4.79 Å². The van der Waals surface area contributed by atoms with E-state index in [1.807, 2.05) is 15.7 Å². The van der Waals surface area contributed by atoms with E-state index in [4.69, 9.17) is 15.2 Å². The highest BCUT2D eigenvalue weighted by Gasteiger charge is 2.41. The molecule has 1 aliphatic carbocycles. The molecule has 1 aromatic rings. The van der Waals surface area contributed by atoms with Crippen LogP contribution in [-0.4, -0.2) is 47.5 Å². The van der Waals surface area contributed by atoms with Crippen molar-refractivity contribution in [1.29, 1.82) is 0 Å². The van der Waals surface area contributed by atoms with Gasteiger partial charge in [-0.15, -0.1) is 0 Å². The summed E-state index contributed by atoms with van der Waals surface area (Å²) in [4.78, 5) is 14.6. The zero-order chi connectivity index (χ0) is 14.4. The van der Waals surface area contributed by atoms with Crippen LogP contribution < -0.4 is 5.73 Å². The van der Waals surface area contributed by atoms with Gasteiger partial charge >= 0.3 is 0 Å². The lowest BCUT2D eigenvalue weighted by molar-refractivity contribution is -0.181. The Balaban J connectivity index is 1.48. The number of piperidine rings is 1. The van der Waals surface area contributed by atoms with Crippen molar-refractivity contribution >= 4 is 11.6 Å². The van der Waals surface area contributed by atoms with Gasteiger partial charge in [0.25, 0.3) is 5.91 Å². The van der Waals surface area contributed by atoms with Crippen molar-refractivity contribution < 1.29 is 14.3 Å². The fourth-order valence-corrected chi connectivity index (χ4v) is 3.32. The van der Waals surface area contributed by atoms with Crippen molar-refractivity contribution in [3.63, 3.8) is 0 Å². The van der Waals surface area contributed by atoms with Gasteiger partial charge in [0, 0.05) is 38.2 Å². The zero-order valence-electron chi connectivity index (χ0n) is 12.1. The highest BCUT2D eigenvalue weighted by Crippen LogP contribution is 2.38. The molecule has 1 saturated carbocycles. The number of carbonyl (C=O) groups excluding carboxylic acids is 1. The molecule has 2 aliphatic heterocycles. The maximum atomic E-state index is 12.7. The number of rotatable bonds is 2. The van der Waals surface area contributed by atoms with Crippen LogP contribution in [0, 0.1) is 0 Å². The first kappa shape index (κ1) is 13.2. The summed E-state index contributed by atoms with van der Waals surface area (Å²) in [5.41, 5.74) is 7.26. The predicted octanol–water partition coefficient (Wildman–Crippen LogP) is 1.38. The van der Waals surface area contributed by atoms with E-state index >= 15 is 0 Å². The first-order chi connectivity index (χ1) is 10.2. The number of ether oxygens (including phenoxy) is 2. The maximum Gasteiger partial charge on any atom is 0.270 e. The number of anilines is 1. The molecule has 6 heteroatoms. The molecule has 2 N–H and O–H groups in total. The van der Waals surface area contributed by atoms with Crippen molar-refractivity contribution in [3.05, 3.63) is 18.0 Å². The lowest BCUT2D eigenvalue weighted by Gasteiger charge is -2.37. The van der Waals surface area contributed by atoms with Crippen molar-refractivity contribution in [2.75, 3.05) is 32.0 Å². The average molecular weight is 291 g/mol. The molecule has 0 bridgehead atoms. The lowest BCUT2D eigenvalue weighted by Crippen LogP contribution is -2.47. The van der Waals surface area contributed by atoms with Crippen LogP contribution in [0.4, 0.5) is 5.69 Å². The summed E-state index contributed by atoms with van der Waals surface area (Å²) >= 11 is 0. The summed E-state index contributed by atoms with van der Waals surface area (Å²) < 4.78 is 13.5. The third-order valence-corrected chi connectivity index (χ3v) is 4.66. The molecular formula is C15H21N3O3. The highest BCUT2D eigenvalue weighted by molar-refractivity contribution is 5.94. The number of hydrogen-bond donors (Lipinski definition) is 1. The zero-order valence-corrected chi connectivity index (χ0v) is 12.1. The van der Waals surface area contributed by atoms with E-state index in [0.29, 0.717) is 38.0 Å². The van der Waals surface area contributed by atoms with Gasteiger partial charge in [0.15, 0.2) is 5.79 Å². The first-order valence-electron chi connectivity index (χ1n) is 7.71. The molecule has 21 heavy (non-hydrogen) atoms. The number of hydrogen-bond acceptors (Lipinski definition) is 4. The second kappa shape index (κ2) is 4.74. The summed E-state index contributed by atoms with van der Waals surface area (Å²) in [6, 6.07) is 2.26. The third kappa shape index (κ3) is 2.32. The molecule has 0 aromatic carbocycles. The Kier molecular flexibility index (Phi) is 2.97. The third-order valence-electron chi connectivity index (χ3n) is 4.66. The van der Waals surface area contributed by atoms with Gasteiger partial charge in [-0.2, -0.15) is 0 Å². The van der Waals surface area contributed by atoms with Gasteiger partial charge < -0.3 is 24.7 Å². The second-order valence-electron chi connectivity index (χ2n) is 6.20. The van der Waals surface area contributed by atoms with Crippen LogP contribution in [0.2, 0.25) is 0 Å². The first-order valence-corrected chi connectivity index (χ1v) is 7.71. The summed E-state index contributed by atoms with van der Waals surface area (Å²) in [7, 11) is 0. The van der Waals surface area contributed by atoms with Crippen LogP contribution in [0.3, 0.4) is 0 Å². The molecule has 1 aromatic heterocycles. The monoisotopic (exact) mass is 291 g/mol. The molecule has 3 fully saturated rings. The SMILES string of the molecule is Nc1cc(C(=O)N2CCC3(CC2)OCCO3)n(C2CC2)c1. The molecule has 6 nitrogen and oxygen atoms in total. The predicted molar refractivity (Wildman–Crippen MR) is 76.9 cm³/mol. The van der Waals surface area contributed by atoms with Crippen molar-refractivity contribution in [2.45, 2.75) is 37.5 Å². The number of carbonyl (C=O) groups is 1. The van der Waals surface area contributed by atoms with Crippen LogP contribution in [0.15, 0.2) is 12.3 Å². The number of nitrogens with two attached hydrogens (primary N) is 1. The summed E-state index contributed by atoms with van der Waals surface area (Å²) in [5.74, 6) is -0.361. The number of aromatic nitrogens is 1. The molecule has 4 rings (SSSR count). The van der Waals surface area contributed by atoms with Crippen LogP contribution in [0.5, 0.6) is 0 Å². The highest BCUT2D eigenvalue weighted by atomic mass is 16.7. The topological polar surface area (TPSA) is 69.7 Å². The van der Waals surface area contributed by atoms with Crippen molar-refractivity contribution in [1.82, 2.24) is 9.47 Å². The van der Waals surface area contributed by atoms with Crippen LogP contribution >= 0.6 is 0 Å². The minimum atomic E-state index is -0.436. The Hall–Kier alpha value is -1.53. The molecule has 2 saturated heterocycles.